The molecule has 0 atom stereocenters. The van der Waals surface area contributed by atoms with Crippen molar-refractivity contribution in [3.8, 4) is 5.75 Å². The maximum Gasteiger partial charge on any atom is 0.277 e. The molecule has 0 aliphatic rings. The average molecular weight is 383 g/mol. The van der Waals surface area contributed by atoms with Crippen LogP contribution in [0.15, 0.2) is 48.2 Å². The molecule has 0 aliphatic heterocycles. The SMILES string of the molecule is COc1ccccc1CNC(=O)Cc1csc(NC(=O)c2cnccn2)n1. The lowest BCUT2D eigenvalue weighted by Gasteiger charge is -2.09. The van der Waals surface area contributed by atoms with Gasteiger partial charge in [-0.1, -0.05) is 18.2 Å². The van der Waals surface area contributed by atoms with Crippen LogP contribution in [0.3, 0.4) is 0 Å². The van der Waals surface area contributed by atoms with Crippen LogP contribution in [0.1, 0.15) is 21.7 Å². The summed E-state index contributed by atoms with van der Waals surface area (Å²) in [5.41, 5.74) is 1.67. The first kappa shape index (κ1) is 18.5. The van der Waals surface area contributed by atoms with Crippen molar-refractivity contribution in [2.45, 2.75) is 13.0 Å². The molecule has 27 heavy (non-hydrogen) atoms. The van der Waals surface area contributed by atoms with Gasteiger partial charge >= 0.3 is 0 Å². The van der Waals surface area contributed by atoms with Crippen molar-refractivity contribution in [3.05, 3.63) is 65.2 Å². The molecule has 2 amide bonds. The normalized spacial score (nSPS) is 10.3. The van der Waals surface area contributed by atoms with Gasteiger partial charge in [0.1, 0.15) is 11.4 Å². The maximum absolute atomic E-state index is 12.1. The number of aromatic nitrogens is 3. The van der Waals surface area contributed by atoms with Crippen molar-refractivity contribution < 1.29 is 14.3 Å². The summed E-state index contributed by atoms with van der Waals surface area (Å²) in [4.78, 5) is 36.2. The molecule has 0 saturated heterocycles. The zero-order valence-corrected chi connectivity index (χ0v) is 15.3. The number of anilines is 1. The van der Waals surface area contributed by atoms with E-state index in [4.69, 9.17) is 4.74 Å². The van der Waals surface area contributed by atoms with Gasteiger partial charge in [0, 0.05) is 29.9 Å². The number of para-hydroxylation sites is 1. The van der Waals surface area contributed by atoms with Gasteiger partial charge in [0.15, 0.2) is 5.13 Å². The minimum atomic E-state index is -0.398. The molecule has 0 radical (unpaired) electrons. The Hall–Kier alpha value is -3.33. The zero-order chi connectivity index (χ0) is 19.1. The lowest BCUT2D eigenvalue weighted by atomic mass is 10.2. The van der Waals surface area contributed by atoms with E-state index < -0.39 is 5.91 Å². The van der Waals surface area contributed by atoms with Crippen LogP contribution < -0.4 is 15.4 Å². The Morgan fingerprint density at radius 3 is 2.85 bits per heavy atom. The van der Waals surface area contributed by atoms with E-state index in [0.29, 0.717) is 17.4 Å². The molecule has 138 valence electrons. The predicted molar refractivity (Wildman–Crippen MR) is 101 cm³/mol. The van der Waals surface area contributed by atoms with Crippen LogP contribution in [0, 0.1) is 0 Å². The van der Waals surface area contributed by atoms with Gasteiger partial charge < -0.3 is 10.1 Å². The van der Waals surface area contributed by atoms with E-state index in [1.807, 2.05) is 24.3 Å². The first-order valence-corrected chi connectivity index (χ1v) is 8.94. The fourth-order valence-electron chi connectivity index (χ4n) is 2.29. The summed E-state index contributed by atoms with van der Waals surface area (Å²) in [6.07, 6.45) is 4.41. The number of ether oxygens (including phenoxy) is 1. The molecular weight excluding hydrogens is 366 g/mol. The van der Waals surface area contributed by atoms with Gasteiger partial charge in [-0.3, -0.25) is 19.9 Å². The van der Waals surface area contributed by atoms with Crippen LogP contribution in [0.4, 0.5) is 5.13 Å². The molecule has 8 nitrogen and oxygen atoms in total. The Kier molecular flexibility index (Phi) is 6.06. The Morgan fingerprint density at radius 2 is 2.07 bits per heavy atom. The van der Waals surface area contributed by atoms with Gasteiger partial charge in [-0.05, 0) is 6.07 Å². The number of benzene rings is 1. The van der Waals surface area contributed by atoms with Crippen molar-refractivity contribution in [1.29, 1.82) is 0 Å². The number of hydrogen-bond donors (Lipinski definition) is 2. The molecule has 0 bridgehead atoms. The number of carbonyl (C=O) groups is 2. The fraction of sp³-hybridized carbons (Fsp3) is 0.167. The molecule has 3 aromatic rings. The fourth-order valence-corrected chi connectivity index (χ4v) is 3.00. The molecule has 0 saturated carbocycles. The summed E-state index contributed by atoms with van der Waals surface area (Å²) in [5, 5.41) is 7.61. The lowest BCUT2D eigenvalue weighted by Crippen LogP contribution is -2.25. The third-order valence-electron chi connectivity index (χ3n) is 3.58. The highest BCUT2D eigenvalue weighted by molar-refractivity contribution is 7.14. The number of nitrogens with one attached hydrogen (secondary N) is 2. The van der Waals surface area contributed by atoms with Gasteiger partial charge in [-0.15, -0.1) is 11.3 Å². The standard InChI is InChI=1S/C18H17N5O3S/c1-26-15-5-3-2-4-12(15)9-21-16(24)8-13-11-27-18(22-13)23-17(25)14-10-19-6-7-20-14/h2-7,10-11H,8-9H2,1H3,(H,21,24)(H,22,23,25). The van der Waals surface area contributed by atoms with Crippen molar-refractivity contribution >= 4 is 28.3 Å². The second-order valence-electron chi connectivity index (χ2n) is 5.45. The van der Waals surface area contributed by atoms with Crippen LogP contribution >= 0.6 is 11.3 Å². The molecule has 0 aliphatic carbocycles. The molecular formula is C18H17N5O3S. The number of thiazole rings is 1. The van der Waals surface area contributed by atoms with Gasteiger partial charge in [0.05, 0.1) is 25.4 Å². The highest BCUT2D eigenvalue weighted by Gasteiger charge is 2.12. The number of methoxy groups -OCH3 is 1. The summed E-state index contributed by atoms with van der Waals surface area (Å²) in [6, 6.07) is 7.49. The molecule has 2 aromatic heterocycles. The third-order valence-corrected chi connectivity index (χ3v) is 4.38. The molecule has 3 rings (SSSR count). The quantitative estimate of drug-likeness (QED) is 0.647. The van der Waals surface area contributed by atoms with Gasteiger partial charge in [0.25, 0.3) is 5.91 Å². The number of carbonyl (C=O) groups excluding carboxylic acids is 2. The summed E-state index contributed by atoms with van der Waals surface area (Å²) >= 11 is 1.24. The molecule has 2 heterocycles. The van der Waals surface area contributed by atoms with E-state index >= 15 is 0 Å². The average Bonchev–Trinajstić information content (AvgIpc) is 3.13. The van der Waals surface area contributed by atoms with Gasteiger partial charge in [-0.25, -0.2) is 9.97 Å². The van der Waals surface area contributed by atoms with E-state index in [9.17, 15) is 9.59 Å². The smallest absolute Gasteiger partial charge is 0.277 e. The number of rotatable bonds is 7. The van der Waals surface area contributed by atoms with Crippen molar-refractivity contribution in [3.63, 3.8) is 0 Å². The van der Waals surface area contributed by atoms with Crippen molar-refractivity contribution in [2.24, 2.45) is 0 Å². The second-order valence-corrected chi connectivity index (χ2v) is 6.31. The van der Waals surface area contributed by atoms with Crippen molar-refractivity contribution in [1.82, 2.24) is 20.3 Å². The monoisotopic (exact) mass is 383 g/mol. The summed E-state index contributed by atoms with van der Waals surface area (Å²) in [6.45, 7) is 0.364. The zero-order valence-electron chi connectivity index (χ0n) is 14.5. The predicted octanol–water partition coefficient (Wildman–Crippen LogP) is 2.05. The molecule has 0 unspecified atom stereocenters. The Balaban J connectivity index is 1.53. The molecule has 1 aromatic carbocycles. The summed E-state index contributed by atoms with van der Waals surface area (Å²) < 4.78 is 5.26. The van der Waals surface area contributed by atoms with E-state index in [1.54, 1.807) is 12.5 Å². The second kappa shape index (κ2) is 8.86. The van der Waals surface area contributed by atoms with Crippen LogP contribution in [0.25, 0.3) is 0 Å². The number of amides is 2. The Morgan fingerprint density at radius 1 is 1.22 bits per heavy atom. The number of nitrogens with zero attached hydrogens (tertiary/aromatic N) is 3. The number of hydrogen-bond acceptors (Lipinski definition) is 7. The largest absolute Gasteiger partial charge is 0.496 e. The van der Waals surface area contributed by atoms with Gasteiger partial charge in [0.2, 0.25) is 5.91 Å². The molecule has 2 N–H and O–H groups in total. The van der Waals surface area contributed by atoms with E-state index in [2.05, 4.69) is 25.6 Å². The maximum atomic E-state index is 12.1. The summed E-state index contributed by atoms with van der Waals surface area (Å²) in [7, 11) is 1.59. The topological polar surface area (TPSA) is 106 Å². The van der Waals surface area contributed by atoms with Gasteiger partial charge in [-0.2, -0.15) is 0 Å². The minimum absolute atomic E-state index is 0.118. The molecule has 9 heteroatoms. The highest BCUT2D eigenvalue weighted by Crippen LogP contribution is 2.18. The third kappa shape index (κ3) is 5.08. The van der Waals surface area contributed by atoms with Crippen LogP contribution in [0.2, 0.25) is 0 Å². The van der Waals surface area contributed by atoms with Crippen molar-refractivity contribution in [2.75, 3.05) is 12.4 Å². The van der Waals surface area contributed by atoms with E-state index in [0.717, 1.165) is 11.3 Å². The first-order chi connectivity index (χ1) is 13.2. The molecule has 0 fully saturated rings. The Labute approximate surface area is 159 Å². The van der Waals surface area contributed by atoms with Crippen LogP contribution in [-0.2, 0) is 17.8 Å². The Bertz CT molecular complexity index is 930. The van der Waals surface area contributed by atoms with Crippen LogP contribution in [-0.4, -0.2) is 33.9 Å². The minimum Gasteiger partial charge on any atom is -0.496 e. The summed E-state index contributed by atoms with van der Waals surface area (Å²) in [5.74, 6) is 0.156. The van der Waals surface area contributed by atoms with Crippen LogP contribution in [0.5, 0.6) is 5.75 Å². The molecule has 0 spiro atoms. The van der Waals surface area contributed by atoms with E-state index in [1.165, 1.54) is 29.9 Å². The highest BCUT2D eigenvalue weighted by atomic mass is 32.1. The lowest BCUT2D eigenvalue weighted by molar-refractivity contribution is -0.120. The van der Waals surface area contributed by atoms with E-state index in [-0.39, 0.29) is 18.0 Å². The first-order valence-electron chi connectivity index (χ1n) is 8.06.